The number of hydrogen-bond acceptors (Lipinski definition) is 5. The fourth-order valence-corrected chi connectivity index (χ4v) is 4.14. The molecule has 32 heavy (non-hydrogen) atoms. The average molecular weight is 464 g/mol. The molecule has 162 valence electrons. The minimum Gasteiger partial charge on any atom is -0.427 e. The topological polar surface area (TPSA) is 57.0 Å². The molecule has 7 heteroatoms. The van der Waals surface area contributed by atoms with Crippen molar-refractivity contribution in [3.8, 4) is 22.8 Å². The zero-order chi connectivity index (χ0) is 22.3. The van der Waals surface area contributed by atoms with Crippen LogP contribution in [0.4, 0.5) is 0 Å². The number of benzene rings is 3. The Morgan fingerprint density at radius 2 is 1.69 bits per heavy atom. The minimum atomic E-state index is -0.235. The van der Waals surface area contributed by atoms with Gasteiger partial charge in [-0.25, -0.2) is 0 Å². The van der Waals surface area contributed by atoms with Crippen molar-refractivity contribution in [2.75, 3.05) is 5.75 Å². The Labute approximate surface area is 196 Å². The zero-order valence-electron chi connectivity index (χ0n) is 17.6. The summed E-state index contributed by atoms with van der Waals surface area (Å²) in [7, 11) is 0. The highest BCUT2D eigenvalue weighted by atomic mass is 35.5. The lowest BCUT2D eigenvalue weighted by Gasteiger charge is -2.10. The molecule has 0 spiro atoms. The van der Waals surface area contributed by atoms with Crippen LogP contribution in [0.25, 0.3) is 17.1 Å². The normalized spacial score (nSPS) is 10.8. The summed E-state index contributed by atoms with van der Waals surface area (Å²) in [6, 6.07) is 25.0. The molecule has 0 N–H and O–H groups in total. The standard InChI is InChI=1S/C25H22ClN3O2S/c1-18-9-15-22(16-10-18)31-23(30)8-5-17-32-25-28-27-24(19-11-13-20(26)14-12-19)29(25)21-6-3-2-4-7-21/h2-4,6-7,9-16H,5,8,17H2,1H3. The lowest BCUT2D eigenvalue weighted by Crippen LogP contribution is -2.08. The molecule has 0 aliphatic carbocycles. The van der Waals surface area contributed by atoms with E-state index in [1.54, 1.807) is 11.8 Å². The predicted molar refractivity (Wildman–Crippen MR) is 129 cm³/mol. The minimum absolute atomic E-state index is 0.235. The van der Waals surface area contributed by atoms with Crippen LogP contribution in [0, 0.1) is 6.92 Å². The molecule has 0 saturated heterocycles. The molecule has 0 unspecified atom stereocenters. The monoisotopic (exact) mass is 463 g/mol. The molecule has 4 rings (SSSR count). The Morgan fingerprint density at radius 1 is 0.969 bits per heavy atom. The third-order valence-electron chi connectivity index (χ3n) is 4.76. The van der Waals surface area contributed by atoms with Crippen molar-refractivity contribution in [3.63, 3.8) is 0 Å². The van der Waals surface area contributed by atoms with Crippen LogP contribution in [0.3, 0.4) is 0 Å². The first-order valence-electron chi connectivity index (χ1n) is 10.3. The first-order chi connectivity index (χ1) is 15.6. The molecule has 0 aliphatic rings. The first kappa shape index (κ1) is 22.1. The maximum absolute atomic E-state index is 12.1. The van der Waals surface area contributed by atoms with Gasteiger partial charge in [0.05, 0.1) is 0 Å². The Bertz CT molecular complexity index is 1180. The number of aromatic nitrogens is 3. The van der Waals surface area contributed by atoms with Gasteiger partial charge in [-0.2, -0.15) is 0 Å². The number of para-hydroxylation sites is 1. The highest BCUT2D eigenvalue weighted by Crippen LogP contribution is 2.29. The molecule has 0 atom stereocenters. The smallest absolute Gasteiger partial charge is 0.311 e. The number of carbonyl (C=O) groups excluding carboxylic acids is 1. The van der Waals surface area contributed by atoms with Crippen LogP contribution in [-0.2, 0) is 4.79 Å². The van der Waals surface area contributed by atoms with E-state index >= 15 is 0 Å². The molecule has 0 amide bonds. The van der Waals surface area contributed by atoms with Crippen molar-refractivity contribution < 1.29 is 9.53 Å². The SMILES string of the molecule is Cc1ccc(OC(=O)CCCSc2nnc(-c3ccc(Cl)cc3)n2-c2ccccc2)cc1. The molecule has 4 aromatic rings. The van der Waals surface area contributed by atoms with E-state index in [0.29, 0.717) is 29.4 Å². The summed E-state index contributed by atoms with van der Waals surface area (Å²) in [6.07, 6.45) is 1.01. The number of nitrogens with zero attached hydrogens (tertiary/aromatic N) is 3. The van der Waals surface area contributed by atoms with Crippen LogP contribution < -0.4 is 4.74 Å². The number of rotatable bonds is 8. The predicted octanol–water partition coefficient (Wildman–Crippen LogP) is 6.37. The second-order valence-electron chi connectivity index (χ2n) is 7.22. The van der Waals surface area contributed by atoms with Crippen LogP contribution in [0.2, 0.25) is 5.02 Å². The van der Waals surface area contributed by atoms with Crippen molar-refractivity contribution in [1.82, 2.24) is 14.8 Å². The molecule has 0 bridgehead atoms. The summed E-state index contributed by atoms with van der Waals surface area (Å²) in [5.74, 6) is 1.80. The molecular formula is C25H22ClN3O2S. The van der Waals surface area contributed by atoms with E-state index in [0.717, 1.165) is 27.8 Å². The van der Waals surface area contributed by atoms with Gasteiger partial charge in [0.2, 0.25) is 0 Å². The summed E-state index contributed by atoms with van der Waals surface area (Å²) >= 11 is 7.61. The summed E-state index contributed by atoms with van der Waals surface area (Å²) in [5, 5.41) is 10.3. The molecule has 0 fully saturated rings. The van der Waals surface area contributed by atoms with Crippen LogP contribution in [0.1, 0.15) is 18.4 Å². The maximum Gasteiger partial charge on any atom is 0.311 e. The number of esters is 1. The van der Waals surface area contributed by atoms with Crippen molar-refractivity contribution in [3.05, 3.63) is 89.4 Å². The van der Waals surface area contributed by atoms with Gasteiger partial charge in [0, 0.05) is 28.4 Å². The van der Waals surface area contributed by atoms with Gasteiger partial charge >= 0.3 is 5.97 Å². The van der Waals surface area contributed by atoms with Gasteiger partial charge in [0.25, 0.3) is 0 Å². The summed E-state index contributed by atoms with van der Waals surface area (Å²) in [6.45, 7) is 2.00. The van der Waals surface area contributed by atoms with Gasteiger partial charge in [-0.05, 0) is 61.9 Å². The van der Waals surface area contributed by atoms with Crippen LogP contribution in [0.15, 0.2) is 84.0 Å². The molecule has 3 aromatic carbocycles. The summed E-state index contributed by atoms with van der Waals surface area (Å²) in [5.41, 5.74) is 3.03. The average Bonchev–Trinajstić information content (AvgIpc) is 3.23. The highest BCUT2D eigenvalue weighted by Gasteiger charge is 2.16. The lowest BCUT2D eigenvalue weighted by molar-refractivity contribution is -0.134. The molecule has 0 saturated carbocycles. The van der Waals surface area contributed by atoms with E-state index < -0.39 is 0 Å². The largest absolute Gasteiger partial charge is 0.427 e. The van der Waals surface area contributed by atoms with E-state index in [2.05, 4.69) is 10.2 Å². The Morgan fingerprint density at radius 3 is 2.41 bits per heavy atom. The van der Waals surface area contributed by atoms with E-state index in [9.17, 15) is 4.79 Å². The first-order valence-corrected chi connectivity index (χ1v) is 11.6. The maximum atomic E-state index is 12.1. The number of thioether (sulfide) groups is 1. The van der Waals surface area contributed by atoms with Gasteiger partial charge in [0.15, 0.2) is 11.0 Å². The number of halogens is 1. The Kier molecular flexibility index (Phi) is 7.24. The van der Waals surface area contributed by atoms with Crippen molar-refractivity contribution >= 4 is 29.3 Å². The van der Waals surface area contributed by atoms with E-state index in [-0.39, 0.29) is 5.97 Å². The van der Waals surface area contributed by atoms with Gasteiger partial charge in [-0.15, -0.1) is 10.2 Å². The van der Waals surface area contributed by atoms with E-state index in [1.165, 1.54) is 0 Å². The van der Waals surface area contributed by atoms with Gasteiger partial charge < -0.3 is 4.74 Å². The zero-order valence-corrected chi connectivity index (χ0v) is 19.1. The van der Waals surface area contributed by atoms with Crippen LogP contribution in [-0.4, -0.2) is 26.5 Å². The lowest BCUT2D eigenvalue weighted by atomic mass is 10.2. The molecule has 1 aromatic heterocycles. The number of carbonyl (C=O) groups is 1. The molecular weight excluding hydrogens is 442 g/mol. The summed E-state index contributed by atoms with van der Waals surface area (Å²) < 4.78 is 7.42. The molecule has 0 radical (unpaired) electrons. The van der Waals surface area contributed by atoms with Crippen molar-refractivity contribution in [1.29, 1.82) is 0 Å². The second-order valence-corrected chi connectivity index (χ2v) is 8.72. The van der Waals surface area contributed by atoms with Crippen molar-refractivity contribution in [2.24, 2.45) is 0 Å². The fraction of sp³-hybridized carbons (Fsp3) is 0.160. The Balaban J connectivity index is 1.42. The number of hydrogen-bond donors (Lipinski definition) is 0. The molecule has 5 nitrogen and oxygen atoms in total. The number of aryl methyl sites for hydroxylation is 1. The van der Waals surface area contributed by atoms with Crippen LogP contribution in [0.5, 0.6) is 5.75 Å². The molecule has 1 heterocycles. The van der Waals surface area contributed by atoms with Gasteiger partial charge in [-0.1, -0.05) is 59.3 Å². The van der Waals surface area contributed by atoms with Crippen molar-refractivity contribution in [2.45, 2.75) is 24.9 Å². The van der Waals surface area contributed by atoms with Crippen LogP contribution >= 0.6 is 23.4 Å². The van der Waals surface area contributed by atoms with E-state index in [1.807, 2.05) is 90.4 Å². The number of ether oxygens (including phenoxy) is 1. The molecule has 0 aliphatic heterocycles. The van der Waals surface area contributed by atoms with E-state index in [4.69, 9.17) is 16.3 Å². The highest BCUT2D eigenvalue weighted by molar-refractivity contribution is 7.99. The van der Waals surface area contributed by atoms with Gasteiger partial charge in [0.1, 0.15) is 5.75 Å². The third kappa shape index (κ3) is 5.58. The quantitative estimate of drug-likeness (QED) is 0.131. The Hall–Kier alpha value is -3.09. The second kappa shape index (κ2) is 10.5. The third-order valence-corrected chi connectivity index (χ3v) is 6.03. The fourth-order valence-electron chi connectivity index (χ4n) is 3.13. The van der Waals surface area contributed by atoms with Gasteiger partial charge in [-0.3, -0.25) is 9.36 Å². The summed E-state index contributed by atoms with van der Waals surface area (Å²) in [4.78, 5) is 12.1.